The number of hydrogen-bond acceptors (Lipinski definition) is 2. The maximum Gasteiger partial charge on any atom is 0.234 e. The molecule has 3 heteroatoms. The van der Waals surface area contributed by atoms with Crippen LogP contribution < -0.4 is 11.1 Å². The van der Waals surface area contributed by atoms with E-state index < -0.39 is 0 Å². The SMILES string of the molecule is CC(C)CCCC(C)NC(C)C(N)=O. The van der Waals surface area contributed by atoms with Gasteiger partial charge in [-0.1, -0.05) is 26.7 Å². The zero-order valence-corrected chi connectivity index (χ0v) is 9.84. The molecular formula is C11H24N2O. The van der Waals surface area contributed by atoms with Gasteiger partial charge >= 0.3 is 0 Å². The van der Waals surface area contributed by atoms with Crippen LogP contribution in [0, 0.1) is 5.92 Å². The maximum absolute atomic E-state index is 10.8. The Balaban J connectivity index is 3.55. The highest BCUT2D eigenvalue weighted by atomic mass is 16.1. The van der Waals surface area contributed by atoms with E-state index in [1.807, 2.05) is 0 Å². The van der Waals surface area contributed by atoms with Gasteiger partial charge in [0.2, 0.25) is 5.91 Å². The third kappa shape index (κ3) is 6.89. The van der Waals surface area contributed by atoms with Crippen LogP contribution in [0.25, 0.3) is 0 Å². The van der Waals surface area contributed by atoms with Crippen molar-refractivity contribution in [1.29, 1.82) is 0 Å². The normalized spacial score (nSPS) is 15.5. The monoisotopic (exact) mass is 200 g/mol. The highest BCUT2D eigenvalue weighted by Gasteiger charge is 2.11. The molecule has 0 aromatic carbocycles. The minimum Gasteiger partial charge on any atom is -0.368 e. The molecule has 0 aromatic rings. The van der Waals surface area contributed by atoms with Gasteiger partial charge in [-0.15, -0.1) is 0 Å². The van der Waals surface area contributed by atoms with Crippen LogP contribution in [0.1, 0.15) is 47.0 Å². The number of hydrogen-bond donors (Lipinski definition) is 2. The van der Waals surface area contributed by atoms with E-state index in [1.54, 1.807) is 6.92 Å². The number of amides is 1. The van der Waals surface area contributed by atoms with Gasteiger partial charge in [-0.25, -0.2) is 0 Å². The van der Waals surface area contributed by atoms with Gasteiger partial charge in [-0.2, -0.15) is 0 Å². The van der Waals surface area contributed by atoms with Crippen molar-refractivity contribution >= 4 is 5.91 Å². The third-order valence-corrected chi connectivity index (χ3v) is 2.38. The summed E-state index contributed by atoms with van der Waals surface area (Å²) in [4.78, 5) is 10.8. The van der Waals surface area contributed by atoms with Crippen LogP contribution in [-0.2, 0) is 4.79 Å². The lowest BCUT2D eigenvalue weighted by atomic mass is 10.0. The molecule has 0 aliphatic heterocycles. The van der Waals surface area contributed by atoms with Crippen LogP contribution in [0.5, 0.6) is 0 Å². The fraction of sp³-hybridized carbons (Fsp3) is 0.909. The second kappa shape index (κ2) is 6.82. The Hall–Kier alpha value is -0.570. The van der Waals surface area contributed by atoms with Crippen LogP contribution in [-0.4, -0.2) is 18.0 Å². The molecule has 0 radical (unpaired) electrons. The van der Waals surface area contributed by atoms with Crippen molar-refractivity contribution in [3.8, 4) is 0 Å². The highest BCUT2D eigenvalue weighted by Crippen LogP contribution is 2.08. The zero-order valence-electron chi connectivity index (χ0n) is 9.84. The fourth-order valence-corrected chi connectivity index (χ4v) is 1.42. The molecule has 2 unspecified atom stereocenters. The zero-order chi connectivity index (χ0) is 11.1. The highest BCUT2D eigenvalue weighted by molar-refractivity contribution is 5.79. The second-order valence-electron chi connectivity index (χ2n) is 4.52. The predicted octanol–water partition coefficient (Wildman–Crippen LogP) is 1.66. The third-order valence-electron chi connectivity index (χ3n) is 2.38. The first-order valence-electron chi connectivity index (χ1n) is 5.48. The first kappa shape index (κ1) is 13.4. The maximum atomic E-state index is 10.8. The number of primary amides is 1. The van der Waals surface area contributed by atoms with Crippen LogP contribution in [0.4, 0.5) is 0 Å². The van der Waals surface area contributed by atoms with Crippen LogP contribution in [0.2, 0.25) is 0 Å². The molecule has 0 rings (SSSR count). The molecule has 0 aliphatic carbocycles. The minimum absolute atomic E-state index is 0.218. The lowest BCUT2D eigenvalue weighted by Crippen LogP contribution is -2.43. The summed E-state index contributed by atoms with van der Waals surface area (Å²) >= 11 is 0. The van der Waals surface area contributed by atoms with Crippen LogP contribution in [0.3, 0.4) is 0 Å². The first-order chi connectivity index (χ1) is 6.43. The Labute approximate surface area is 87.4 Å². The van der Waals surface area contributed by atoms with Crippen molar-refractivity contribution in [3.05, 3.63) is 0 Å². The van der Waals surface area contributed by atoms with E-state index in [1.165, 1.54) is 12.8 Å². The van der Waals surface area contributed by atoms with Crippen molar-refractivity contribution in [3.63, 3.8) is 0 Å². The van der Waals surface area contributed by atoms with Gasteiger partial charge in [0.25, 0.3) is 0 Å². The van der Waals surface area contributed by atoms with E-state index >= 15 is 0 Å². The van der Waals surface area contributed by atoms with E-state index in [0.717, 1.165) is 12.3 Å². The number of carbonyl (C=O) groups excluding carboxylic acids is 1. The predicted molar refractivity (Wildman–Crippen MR) is 59.9 cm³/mol. The van der Waals surface area contributed by atoms with Crippen molar-refractivity contribution < 1.29 is 4.79 Å². The molecule has 14 heavy (non-hydrogen) atoms. The minimum atomic E-state index is -0.277. The number of nitrogens with two attached hydrogens (primary N) is 1. The lowest BCUT2D eigenvalue weighted by molar-refractivity contribution is -0.119. The quantitative estimate of drug-likeness (QED) is 0.656. The first-order valence-corrected chi connectivity index (χ1v) is 5.48. The van der Waals surface area contributed by atoms with Crippen molar-refractivity contribution in [1.82, 2.24) is 5.32 Å². The molecule has 0 heterocycles. The molecule has 0 bridgehead atoms. The summed E-state index contributed by atoms with van der Waals surface area (Å²) in [5, 5.41) is 3.18. The standard InChI is InChI=1S/C11H24N2O/c1-8(2)6-5-7-9(3)13-10(4)11(12)14/h8-10,13H,5-7H2,1-4H3,(H2,12,14). The number of carbonyl (C=O) groups is 1. The van der Waals surface area contributed by atoms with Crippen molar-refractivity contribution in [2.75, 3.05) is 0 Å². The van der Waals surface area contributed by atoms with Gasteiger partial charge in [0.15, 0.2) is 0 Å². The molecule has 84 valence electrons. The lowest BCUT2D eigenvalue weighted by Gasteiger charge is -2.17. The molecule has 0 fully saturated rings. The van der Waals surface area contributed by atoms with E-state index in [4.69, 9.17) is 5.73 Å². The average Bonchev–Trinajstić information content (AvgIpc) is 2.02. The van der Waals surface area contributed by atoms with Gasteiger partial charge in [0.05, 0.1) is 6.04 Å². The van der Waals surface area contributed by atoms with Crippen LogP contribution in [0.15, 0.2) is 0 Å². The smallest absolute Gasteiger partial charge is 0.234 e. The van der Waals surface area contributed by atoms with E-state index in [2.05, 4.69) is 26.1 Å². The number of rotatable bonds is 7. The van der Waals surface area contributed by atoms with E-state index in [9.17, 15) is 4.79 Å². The molecule has 0 saturated carbocycles. The van der Waals surface area contributed by atoms with Gasteiger partial charge in [0.1, 0.15) is 0 Å². The topological polar surface area (TPSA) is 55.1 Å². The molecule has 1 amide bonds. The average molecular weight is 200 g/mol. The summed E-state index contributed by atoms with van der Waals surface area (Å²) in [6, 6.07) is 0.153. The molecule has 0 aliphatic rings. The van der Waals surface area contributed by atoms with E-state index in [-0.39, 0.29) is 11.9 Å². The molecule has 0 aromatic heterocycles. The number of nitrogens with one attached hydrogen (secondary N) is 1. The summed E-state index contributed by atoms with van der Waals surface area (Å²) in [6.07, 6.45) is 3.56. The Morgan fingerprint density at radius 1 is 1.21 bits per heavy atom. The van der Waals surface area contributed by atoms with Gasteiger partial charge < -0.3 is 11.1 Å². The van der Waals surface area contributed by atoms with Gasteiger partial charge in [-0.3, -0.25) is 4.79 Å². The summed E-state index contributed by atoms with van der Waals surface area (Å²) in [5.41, 5.74) is 5.16. The molecule has 0 saturated heterocycles. The Morgan fingerprint density at radius 3 is 2.21 bits per heavy atom. The summed E-state index contributed by atoms with van der Waals surface area (Å²) in [5.74, 6) is 0.483. The summed E-state index contributed by atoms with van der Waals surface area (Å²) in [7, 11) is 0. The molecule has 3 N–H and O–H groups in total. The summed E-state index contributed by atoms with van der Waals surface area (Å²) < 4.78 is 0. The van der Waals surface area contributed by atoms with Gasteiger partial charge in [0, 0.05) is 6.04 Å². The molecule has 0 spiro atoms. The van der Waals surface area contributed by atoms with E-state index in [0.29, 0.717) is 6.04 Å². The van der Waals surface area contributed by atoms with Crippen molar-refractivity contribution in [2.24, 2.45) is 11.7 Å². The molecular weight excluding hydrogens is 176 g/mol. The van der Waals surface area contributed by atoms with Crippen molar-refractivity contribution in [2.45, 2.75) is 59.0 Å². The fourth-order valence-electron chi connectivity index (χ4n) is 1.42. The van der Waals surface area contributed by atoms with Crippen LogP contribution >= 0.6 is 0 Å². The molecule has 3 nitrogen and oxygen atoms in total. The Morgan fingerprint density at radius 2 is 1.79 bits per heavy atom. The Bertz CT molecular complexity index is 169. The Kier molecular flexibility index (Phi) is 6.54. The van der Waals surface area contributed by atoms with Gasteiger partial charge in [-0.05, 0) is 26.2 Å². The second-order valence-corrected chi connectivity index (χ2v) is 4.52. The summed E-state index contributed by atoms with van der Waals surface area (Å²) in [6.45, 7) is 8.36. The molecule has 2 atom stereocenters. The largest absolute Gasteiger partial charge is 0.368 e.